The van der Waals surface area contributed by atoms with Gasteiger partial charge in [-0.1, -0.05) is 19.9 Å². The van der Waals surface area contributed by atoms with Crippen molar-refractivity contribution in [2.24, 2.45) is 0 Å². The summed E-state index contributed by atoms with van der Waals surface area (Å²) in [5.74, 6) is 0. The first-order valence-electron chi connectivity index (χ1n) is 4.38. The number of nitrogens with zero attached hydrogens (tertiary/aromatic N) is 1. The van der Waals surface area contributed by atoms with Gasteiger partial charge in [-0.15, -0.1) is 0 Å². The van der Waals surface area contributed by atoms with Crippen LogP contribution >= 0.6 is 0 Å². The molecule has 0 spiro atoms. The standard InChI is InChI=1S/C9H11N.C2H6/c1-3-8(2)9-4-6-10-7-5-9;1-2/h3-7H,1-2H3;1-2H3/b8-3-;. The molecule has 0 radical (unpaired) electrons. The first-order valence-corrected chi connectivity index (χ1v) is 4.38. The average Bonchev–Trinajstić information content (AvgIpc) is 2.21. The lowest BCUT2D eigenvalue weighted by Gasteiger charge is -1.96. The first kappa shape index (κ1) is 10.9. The van der Waals surface area contributed by atoms with Crippen LogP contribution in [0.5, 0.6) is 0 Å². The number of rotatable bonds is 1. The largest absolute Gasteiger partial charge is 0.265 e. The fourth-order valence-corrected chi connectivity index (χ4v) is 0.781. The molecule has 1 heteroatoms. The Morgan fingerprint density at radius 1 is 1.25 bits per heavy atom. The zero-order valence-electron chi connectivity index (χ0n) is 8.33. The summed E-state index contributed by atoms with van der Waals surface area (Å²) in [5.41, 5.74) is 2.54. The van der Waals surface area contributed by atoms with Crippen LogP contribution in [0.4, 0.5) is 0 Å². The molecule has 0 amide bonds. The van der Waals surface area contributed by atoms with Crippen molar-refractivity contribution in [1.29, 1.82) is 0 Å². The van der Waals surface area contributed by atoms with E-state index in [-0.39, 0.29) is 0 Å². The molecule has 0 fully saturated rings. The number of hydrogen-bond acceptors (Lipinski definition) is 1. The van der Waals surface area contributed by atoms with E-state index in [4.69, 9.17) is 0 Å². The second-order valence-electron chi connectivity index (χ2n) is 2.21. The van der Waals surface area contributed by atoms with E-state index in [2.05, 4.69) is 18.0 Å². The summed E-state index contributed by atoms with van der Waals surface area (Å²) < 4.78 is 0. The monoisotopic (exact) mass is 163 g/mol. The van der Waals surface area contributed by atoms with Gasteiger partial charge in [0.05, 0.1) is 0 Å². The van der Waals surface area contributed by atoms with Crippen LogP contribution < -0.4 is 0 Å². The van der Waals surface area contributed by atoms with Gasteiger partial charge in [0.2, 0.25) is 0 Å². The van der Waals surface area contributed by atoms with Gasteiger partial charge < -0.3 is 0 Å². The van der Waals surface area contributed by atoms with Crippen LogP contribution in [0.1, 0.15) is 33.3 Å². The molecule has 0 saturated heterocycles. The van der Waals surface area contributed by atoms with E-state index < -0.39 is 0 Å². The lowest BCUT2D eigenvalue weighted by atomic mass is 10.1. The van der Waals surface area contributed by atoms with Gasteiger partial charge in [0, 0.05) is 12.4 Å². The molecule has 0 atom stereocenters. The van der Waals surface area contributed by atoms with E-state index in [1.807, 2.05) is 45.3 Å². The quantitative estimate of drug-likeness (QED) is 0.617. The van der Waals surface area contributed by atoms with Crippen molar-refractivity contribution in [2.75, 3.05) is 0 Å². The van der Waals surface area contributed by atoms with Gasteiger partial charge in [0.15, 0.2) is 0 Å². The maximum absolute atomic E-state index is 3.93. The third kappa shape index (κ3) is 3.33. The summed E-state index contributed by atoms with van der Waals surface area (Å²) in [6, 6.07) is 4.02. The van der Waals surface area contributed by atoms with Gasteiger partial charge >= 0.3 is 0 Å². The third-order valence-corrected chi connectivity index (χ3v) is 1.57. The third-order valence-electron chi connectivity index (χ3n) is 1.57. The minimum absolute atomic E-state index is 1.25. The predicted molar refractivity (Wildman–Crippen MR) is 54.9 cm³/mol. The molecule has 0 bridgehead atoms. The molecule has 0 saturated carbocycles. The molecule has 1 aromatic heterocycles. The summed E-state index contributed by atoms with van der Waals surface area (Å²) in [6.45, 7) is 8.13. The van der Waals surface area contributed by atoms with Crippen LogP contribution in [-0.4, -0.2) is 4.98 Å². The lowest BCUT2D eigenvalue weighted by Crippen LogP contribution is -1.77. The zero-order valence-corrected chi connectivity index (χ0v) is 8.33. The summed E-state index contributed by atoms with van der Waals surface area (Å²) in [6.07, 6.45) is 5.71. The Morgan fingerprint density at radius 2 is 1.75 bits per heavy atom. The van der Waals surface area contributed by atoms with Crippen LogP contribution in [-0.2, 0) is 0 Å². The molecule has 0 aliphatic heterocycles. The summed E-state index contributed by atoms with van der Waals surface area (Å²) in [7, 11) is 0. The van der Waals surface area contributed by atoms with Crippen molar-refractivity contribution in [2.45, 2.75) is 27.7 Å². The molecule has 0 aliphatic rings. The van der Waals surface area contributed by atoms with E-state index in [0.29, 0.717) is 0 Å². The molecule has 1 nitrogen and oxygen atoms in total. The topological polar surface area (TPSA) is 12.9 Å². The van der Waals surface area contributed by atoms with E-state index in [1.54, 1.807) is 0 Å². The molecular weight excluding hydrogens is 146 g/mol. The highest BCUT2D eigenvalue weighted by atomic mass is 14.6. The Hall–Kier alpha value is -1.11. The van der Waals surface area contributed by atoms with Crippen LogP contribution in [0, 0.1) is 0 Å². The summed E-state index contributed by atoms with van der Waals surface area (Å²) in [4.78, 5) is 3.93. The van der Waals surface area contributed by atoms with Crippen molar-refractivity contribution in [3.63, 3.8) is 0 Å². The average molecular weight is 163 g/mol. The van der Waals surface area contributed by atoms with Crippen molar-refractivity contribution in [1.82, 2.24) is 4.98 Å². The first-order chi connectivity index (χ1) is 5.84. The number of aromatic nitrogens is 1. The summed E-state index contributed by atoms with van der Waals surface area (Å²) in [5, 5.41) is 0. The van der Waals surface area contributed by atoms with Crippen molar-refractivity contribution in [3.8, 4) is 0 Å². The highest BCUT2D eigenvalue weighted by Crippen LogP contribution is 2.10. The Labute approximate surface area is 75.2 Å². The molecule has 0 aromatic carbocycles. The minimum Gasteiger partial charge on any atom is -0.265 e. The smallest absolute Gasteiger partial charge is 0.0273 e. The maximum Gasteiger partial charge on any atom is 0.0273 e. The van der Waals surface area contributed by atoms with E-state index in [9.17, 15) is 0 Å². The molecular formula is C11H17N. The Morgan fingerprint density at radius 3 is 2.17 bits per heavy atom. The van der Waals surface area contributed by atoms with Gasteiger partial charge in [-0.2, -0.15) is 0 Å². The number of pyridine rings is 1. The van der Waals surface area contributed by atoms with Gasteiger partial charge in [0.1, 0.15) is 0 Å². The molecule has 0 aliphatic carbocycles. The van der Waals surface area contributed by atoms with Gasteiger partial charge in [-0.25, -0.2) is 0 Å². The maximum atomic E-state index is 3.93. The zero-order chi connectivity index (χ0) is 9.40. The molecule has 1 heterocycles. The Bertz CT molecular complexity index is 224. The highest BCUT2D eigenvalue weighted by Gasteiger charge is 1.89. The molecule has 66 valence electrons. The SMILES string of the molecule is C/C=C(/C)c1ccncc1.CC. The highest BCUT2D eigenvalue weighted by molar-refractivity contribution is 5.62. The van der Waals surface area contributed by atoms with Crippen LogP contribution in [0.25, 0.3) is 5.57 Å². The Balaban J connectivity index is 0.000000561. The fourth-order valence-electron chi connectivity index (χ4n) is 0.781. The normalized spacial score (nSPS) is 10.2. The molecule has 1 rings (SSSR count). The fraction of sp³-hybridized carbons (Fsp3) is 0.364. The van der Waals surface area contributed by atoms with E-state index in [1.165, 1.54) is 11.1 Å². The van der Waals surface area contributed by atoms with Crippen LogP contribution in [0.3, 0.4) is 0 Å². The van der Waals surface area contributed by atoms with Crippen LogP contribution in [0.2, 0.25) is 0 Å². The molecule has 0 unspecified atom stereocenters. The van der Waals surface area contributed by atoms with Crippen molar-refractivity contribution >= 4 is 5.57 Å². The van der Waals surface area contributed by atoms with E-state index in [0.717, 1.165) is 0 Å². The van der Waals surface area contributed by atoms with Crippen molar-refractivity contribution < 1.29 is 0 Å². The molecule has 0 N–H and O–H groups in total. The summed E-state index contributed by atoms with van der Waals surface area (Å²) >= 11 is 0. The minimum atomic E-state index is 1.25. The van der Waals surface area contributed by atoms with Crippen LogP contribution in [0.15, 0.2) is 30.6 Å². The number of allylic oxidation sites excluding steroid dienone is 2. The second kappa shape index (κ2) is 6.59. The number of hydrogen-bond donors (Lipinski definition) is 0. The van der Waals surface area contributed by atoms with Crippen molar-refractivity contribution in [3.05, 3.63) is 36.2 Å². The van der Waals surface area contributed by atoms with Gasteiger partial charge in [0.25, 0.3) is 0 Å². The lowest BCUT2D eigenvalue weighted by molar-refractivity contribution is 1.31. The Kier molecular flexibility index (Phi) is 5.98. The van der Waals surface area contributed by atoms with Gasteiger partial charge in [-0.3, -0.25) is 4.98 Å². The molecule has 1 aromatic rings. The van der Waals surface area contributed by atoms with Gasteiger partial charge in [-0.05, 0) is 37.1 Å². The predicted octanol–water partition coefficient (Wildman–Crippen LogP) is 3.53. The molecule has 12 heavy (non-hydrogen) atoms. The second-order valence-corrected chi connectivity index (χ2v) is 2.21. The van der Waals surface area contributed by atoms with E-state index >= 15 is 0 Å².